The van der Waals surface area contributed by atoms with Crippen LogP contribution in [0.25, 0.3) is 0 Å². The first-order valence-electron chi connectivity index (χ1n) is 7.64. The third-order valence-corrected chi connectivity index (χ3v) is 5.90. The van der Waals surface area contributed by atoms with Gasteiger partial charge in [-0.05, 0) is 43.4 Å². The summed E-state index contributed by atoms with van der Waals surface area (Å²) in [6.45, 7) is 9.96. The zero-order valence-corrected chi connectivity index (χ0v) is 13.6. The molecule has 0 unspecified atom stereocenters. The van der Waals surface area contributed by atoms with Crippen LogP contribution in [0.4, 0.5) is 0 Å². The Balaban J connectivity index is 2.03. The Hall–Kier alpha value is -0.410. The summed E-state index contributed by atoms with van der Waals surface area (Å²) >= 11 is 1.86. The number of thiazole rings is 1. The molecule has 2 rings (SSSR count). The second-order valence-electron chi connectivity index (χ2n) is 6.89. The van der Waals surface area contributed by atoms with E-state index >= 15 is 0 Å². The second-order valence-corrected chi connectivity index (χ2v) is 8.01. The summed E-state index contributed by atoms with van der Waals surface area (Å²) in [6.07, 6.45) is 6.34. The van der Waals surface area contributed by atoms with Crippen LogP contribution in [0.5, 0.6) is 0 Å². The van der Waals surface area contributed by atoms with E-state index in [9.17, 15) is 0 Å². The summed E-state index contributed by atoms with van der Waals surface area (Å²) < 4.78 is 0. The molecule has 3 heteroatoms. The quantitative estimate of drug-likeness (QED) is 0.886. The summed E-state index contributed by atoms with van der Waals surface area (Å²) in [5.74, 6) is 1.57. The predicted octanol–water partition coefficient (Wildman–Crippen LogP) is 4.48. The third kappa shape index (κ3) is 3.38. The Kier molecular flexibility index (Phi) is 4.67. The molecule has 0 amide bonds. The van der Waals surface area contributed by atoms with Gasteiger partial charge in [0.05, 0.1) is 10.7 Å². The first kappa shape index (κ1) is 15.0. The zero-order valence-electron chi connectivity index (χ0n) is 12.8. The second kappa shape index (κ2) is 5.92. The van der Waals surface area contributed by atoms with Gasteiger partial charge in [0.15, 0.2) is 0 Å². The molecule has 0 aromatic carbocycles. The Bertz CT molecular complexity index is 387. The topological polar surface area (TPSA) is 38.9 Å². The van der Waals surface area contributed by atoms with Crippen LogP contribution in [-0.4, -0.2) is 4.98 Å². The number of nitrogens with zero attached hydrogens (tertiary/aromatic N) is 1. The Morgan fingerprint density at radius 3 is 2.26 bits per heavy atom. The maximum absolute atomic E-state index is 5.82. The van der Waals surface area contributed by atoms with E-state index in [-0.39, 0.29) is 0 Å². The van der Waals surface area contributed by atoms with E-state index in [2.05, 4.69) is 27.7 Å². The molecule has 1 fully saturated rings. The van der Waals surface area contributed by atoms with Gasteiger partial charge in [-0.15, -0.1) is 11.3 Å². The van der Waals surface area contributed by atoms with Crippen LogP contribution in [0.2, 0.25) is 0 Å². The Labute approximate surface area is 121 Å². The van der Waals surface area contributed by atoms with Crippen molar-refractivity contribution in [2.24, 2.45) is 17.1 Å². The standard InChI is InChI=1S/C16H28N2S/c1-5-13-14(10-17)19-15(18-13)11-6-8-12(9-7-11)16(2,3)4/h11-12H,5-10,17H2,1-4H3. The molecule has 1 saturated carbocycles. The van der Waals surface area contributed by atoms with Crippen molar-refractivity contribution in [3.05, 3.63) is 15.6 Å². The fourth-order valence-corrected chi connectivity index (χ4v) is 4.42. The van der Waals surface area contributed by atoms with E-state index in [0.29, 0.717) is 17.9 Å². The molecule has 0 saturated heterocycles. The minimum Gasteiger partial charge on any atom is -0.326 e. The molecule has 0 aliphatic heterocycles. The first-order valence-corrected chi connectivity index (χ1v) is 8.45. The third-order valence-electron chi connectivity index (χ3n) is 4.62. The van der Waals surface area contributed by atoms with Gasteiger partial charge >= 0.3 is 0 Å². The van der Waals surface area contributed by atoms with E-state index < -0.39 is 0 Å². The maximum Gasteiger partial charge on any atom is 0.0962 e. The van der Waals surface area contributed by atoms with Gasteiger partial charge in [0, 0.05) is 17.3 Å². The van der Waals surface area contributed by atoms with Crippen molar-refractivity contribution < 1.29 is 0 Å². The number of aromatic nitrogens is 1. The van der Waals surface area contributed by atoms with Gasteiger partial charge in [-0.2, -0.15) is 0 Å². The summed E-state index contributed by atoms with van der Waals surface area (Å²) in [6, 6.07) is 0. The van der Waals surface area contributed by atoms with Crippen molar-refractivity contribution in [1.29, 1.82) is 0 Å². The molecule has 0 radical (unpaired) electrons. The van der Waals surface area contributed by atoms with Crippen molar-refractivity contribution in [2.75, 3.05) is 0 Å². The van der Waals surface area contributed by atoms with E-state index in [1.54, 1.807) is 0 Å². The molecule has 1 aromatic heterocycles. The highest BCUT2D eigenvalue weighted by molar-refractivity contribution is 7.11. The highest BCUT2D eigenvalue weighted by atomic mass is 32.1. The maximum atomic E-state index is 5.82. The van der Waals surface area contributed by atoms with Gasteiger partial charge in [0.25, 0.3) is 0 Å². The molecule has 0 bridgehead atoms. The first-order chi connectivity index (χ1) is 8.95. The summed E-state index contributed by atoms with van der Waals surface area (Å²) in [4.78, 5) is 6.15. The van der Waals surface area contributed by atoms with Gasteiger partial charge in [0.2, 0.25) is 0 Å². The molecule has 108 valence electrons. The molecule has 1 aliphatic rings. The van der Waals surface area contributed by atoms with E-state index in [0.717, 1.165) is 12.3 Å². The van der Waals surface area contributed by atoms with Crippen molar-refractivity contribution in [3.8, 4) is 0 Å². The number of hydrogen-bond donors (Lipinski definition) is 1. The van der Waals surface area contributed by atoms with E-state index in [1.165, 1.54) is 41.3 Å². The van der Waals surface area contributed by atoms with Gasteiger partial charge in [-0.1, -0.05) is 27.7 Å². The normalized spacial score (nSPS) is 24.7. The largest absolute Gasteiger partial charge is 0.326 e. The lowest BCUT2D eigenvalue weighted by atomic mass is 9.70. The van der Waals surface area contributed by atoms with Crippen LogP contribution in [-0.2, 0) is 13.0 Å². The Morgan fingerprint density at radius 2 is 1.84 bits per heavy atom. The average molecular weight is 280 g/mol. The molecule has 19 heavy (non-hydrogen) atoms. The molecular formula is C16H28N2S. The smallest absolute Gasteiger partial charge is 0.0962 e. The number of nitrogens with two attached hydrogens (primary N) is 1. The molecule has 0 spiro atoms. The zero-order chi connectivity index (χ0) is 14.0. The van der Waals surface area contributed by atoms with Crippen molar-refractivity contribution >= 4 is 11.3 Å². The van der Waals surface area contributed by atoms with Gasteiger partial charge < -0.3 is 5.73 Å². The van der Waals surface area contributed by atoms with Crippen molar-refractivity contribution in [1.82, 2.24) is 4.98 Å². The molecule has 2 N–H and O–H groups in total. The monoisotopic (exact) mass is 280 g/mol. The highest BCUT2D eigenvalue weighted by Gasteiger charge is 2.31. The number of rotatable bonds is 3. The average Bonchev–Trinajstić information content (AvgIpc) is 2.81. The number of hydrogen-bond acceptors (Lipinski definition) is 3. The van der Waals surface area contributed by atoms with Crippen LogP contribution >= 0.6 is 11.3 Å². The van der Waals surface area contributed by atoms with Crippen LogP contribution < -0.4 is 5.73 Å². The molecule has 1 heterocycles. The Morgan fingerprint density at radius 1 is 1.21 bits per heavy atom. The molecule has 2 nitrogen and oxygen atoms in total. The lowest BCUT2D eigenvalue weighted by molar-refractivity contribution is 0.169. The van der Waals surface area contributed by atoms with Crippen molar-refractivity contribution in [2.45, 2.75) is 72.3 Å². The minimum absolute atomic E-state index is 0.463. The molecule has 0 atom stereocenters. The van der Waals surface area contributed by atoms with Crippen LogP contribution in [0.15, 0.2) is 0 Å². The van der Waals surface area contributed by atoms with Crippen molar-refractivity contribution in [3.63, 3.8) is 0 Å². The lowest BCUT2D eigenvalue weighted by Gasteiger charge is -2.36. The van der Waals surface area contributed by atoms with Crippen LogP contribution in [0, 0.1) is 11.3 Å². The van der Waals surface area contributed by atoms with Gasteiger partial charge in [0.1, 0.15) is 0 Å². The lowest BCUT2D eigenvalue weighted by Crippen LogP contribution is -2.25. The van der Waals surface area contributed by atoms with E-state index in [1.807, 2.05) is 11.3 Å². The number of aryl methyl sites for hydroxylation is 1. The summed E-state index contributed by atoms with van der Waals surface area (Å²) in [7, 11) is 0. The van der Waals surface area contributed by atoms with Gasteiger partial charge in [-0.3, -0.25) is 0 Å². The van der Waals surface area contributed by atoms with Crippen LogP contribution in [0.1, 0.15) is 74.9 Å². The SMILES string of the molecule is CCc1nc(C2CCC(C(C)(C)C)CC2)sc1CN. The molecule has 1 aliphatic carbocycles. The fourth-order valence-electron chi connectivity index (χ4n) is 3.22. The summed E-state index contributed by atoms with van der Waals surface area (Å²) in [5, 5.41) is 1.35. The predicted molar refractivity (Wildman–Crippen MR) is 83.5 cm³/mol. The fraction of sp³-hybridized carbons (Fsp3) is 0.812. The van der Waals surface area contributed by atoms with Gasteiger partial charge in [-0.25, -0.2) is 4.98 Å². The van der Waals surface area contributed by atoms with Crippen LogP contribution in [0.3, 0.4) is 0 Å². The minimum atomic E-state index is 0.463. The summed E-state index contributed by atoms with van der Waals surface area (Å²) in [5.41, 5.74) is 7.52. The highest BCUT2D eigenvalue weighted by Crippen LogP contribution is 2.44. The van der Waals surface area contributed by atoms with E-state index in [4.69, 9.17) is 10.7 Å². The molecule has 1 aromatic rings. The molecular weight excluding hydrogens is 252 g/mol.